The van der Waals surface area contributed by atoms with Gasteiger partial charge in [0.15, 0.2) is 5.65 Å². The van der Waals surface area contributed by atoms with Crippen LogP contribution in [0.5, 0.6) is 0 Å². The molecule has 0 aromatic carbocycles. The van der Waals surface area contributed by atoms with Crippen LogP contribution in [0.15, 0.2) is 5.16 Å². The van der Waals surface area contributed by atoms with Crippen LogP contribution in [0.4, 0.5) is 0 Å². The Bertz CT molecular complexity index is 464. The summed E-state index contributed by atoms with van der Waals surface area (Å²) in [5, 5.41) is 13.1. The van der Waals surface area contributed by atoms with Crippen molar-refractivity contribution >= 4 is 22.9 Å². The van der Waals surface area contributed by atoms with Crippen molar-refractivity contribution in [2.24, 2.45) is 0 Å². The van der Waals surface area contributed by atoms with E-state index in [2.05, 4.69) is 20.3 Å². The maximum atomic E-state index is 4.37. The molecule has 6 heteroatoms. The van der Waals surface area contributed by atoms with Crippen molar-refractivity contribution in [2.75, 3.05) is 6.26 Å². The number of aryl methyl sites for hydroxylation is 2. The van der Waals surface area contributed by atoms with Gasteiger partial charge >= 0.3 is 0 Å². The third-order valence-corrected chi connectivity index (χ3v) is 2.53. The summed E-state index contributed by atoms with van der Waals surface area (Å²) < 4.78 is 1.81. The molecule has 0 aliphatic rings. The van der Waals surface area contributed by atoms with Gasteiger partial charge < -0.3 is 0 Å². The van der Waals surface area contributed by atoms with Crippen LogP contribution in [-0.4, -0.2) is 31.2 Å². The summed E-state index contributed by atoms with van der Waals surface area (Å²) in [5.41, 5.74) is 2.53. The van der Waals surface area contributed by atoms with Crippen LogP contribution < -0.4 is 0 Å². The lowest BCUT2D eigenvalue weighted by atomic mass is 10.4. The highest BCUT2D eigenvalue weighted by Gasteiger charge is 2.10. The summed E-state index contributed by atoms with van der Waals surface area (Å²) >= 11 is 1.49. The minimum Gasteiger partial charge on any atom is -0.244 e. The number of aromatic nitrogens is 5. The quantitative estimate of drug-likeness (QED) is 0.697. The molecule has 0 saturated carbocycles. The monoisotopic (exact) mass is 209 g/mol. The van der Waals surface area contributed by atoms with Crippen LogP contribution >= 0.6 is 11.8 Å². The van der Waals surface area contributed by atoms with Gasteiger partial charge in [0, 0.05) is 6.54 Å². The van der Waals surface area contributed by atoms with E-state index in [4.69, 9.17) is 0 Å². The lowest BCUT2D eigenvalue weighted by Crippen LogP contribution is -1.99. The molecule has 14 heavy (non-hydrogen) atoms. The Labute approximate surface area is 85.9 Å². The molecule has 2 aromatic heterocycles. The molecule has 0 fully saturated rings. The van der Waals surface area contributed by atoms with Gasteiger partial charge in [-0.15, -0.1) is 10.2 Å². The molecular formula is C8H11N5S. The highest BCUT2D eigenvalue weighted by Crippen LogP contribution is 2.15. The number of fused-ring (bicyclic) bond motifs is 1. The van der Waals surface area contributed by atoms with Crippen molar-refractivity contribution in [1.82, 2.24) is 25.0 Å². The number of hydrogen-bond donors (Lipinski definition) is 0. The van der Waals surface area contributed by atoms with E-state index in [1.165, 1.54) is 11.8 Å². The van der Waals surface area contributed by atoms with Gasteiger partial charge in [-0.1, -0.05) is 11.8 Å². The molecular weight excluding hydrogens is 198 g/mol. The summed E-state index contributed by atoms with van der Waals surface area (Å²) in [4.78, 5) is 4.37. The molecule has 5 nitrogen and oxygen atoms in total. The molecule has 0 unspecified atom stereocenters. The first-order chi connectivity index (χ1) is 6.76. The van der Waals surface area contributed by atoms with E-state index in [9.17, 15) is 0 Å². The Balaban J connectivity index is 2.70. The van der Waals surface area contributed by atoms with Crippen molar-refractivity contribution in [2.45, 2.75) is 25.5 Å². The maximum absolute atomic E-state index is 4.37. The second-order valence-electron chi connectivity index (χ2n) is 2.87. The second kappa shape index (κ2) is 3.53. The first kappa shape index (κ1) is 9.39. The van der Waals surface area contributed by atoms with Gasteiger partial charge in [0.2, 0.25) is 5.16 Å². The smallest absolute Gasteiger partial charge is 0.209 e. The first-order valence-corrected chi connectivity index (χ1v) is 5.60. The Kier molecular flexibility index (Phi) is 2.37. The topological polar surface area (TPSA) is 56.5 Å². The molecule has 2 heterocycles. The molecule has 2 rings (SSSR count). The van der Waals surface area contributed by atoms with Crippen LogP contribution in [0.2, 0.25) is 0 Å². The molecule has 74 valence electrons. The van der Waals surface area contributed by atoms with E-state index in [0.717, 1.165) is 23.4 Å². The highest BCUT2D eigenvalue weighted by atomic mass is 32.2. The molecule has 0 atom stereocenters. The van der Waals surface area contributed by atoms with Crippen molar-refractivity contribution in [3.63, 3.8) is 0 Å². The zero-order valence-corrected chi connectivity index (χ0v) is 9.17. The van der Waals surface area contributed by atoms with Gasteiger partial charge in [-0.25, -0.2) is 9.67 Å². The SMILES string of the molecule is CCn1nc(C)c2nc(SC)nnc21. The van der Waals surface area contributed by atoms with E-state index >= 15 is 0 Å². The van der Waals surface area contributed by atoms with Gasteiger partial charge in [-0.3, -0.25) is 0 Å². The maximum Gasteiger partial charge on any atom is 0.209 e. The van der Waals surface area contributed by atoms with Crippen molar-refractivity contribution in [1.29, 1.82) is 0 Å². The van der Waals surface area contributed by atoms with Crippen molar-refractivity contribution in [3.05, 3.63) is 5.69 Å². The summed E-state index contributed by atoms with van der Waals surface area (Å²) in [7, 11) is 0. The van der Waals surface area contributed by atoms with Crippen LogP contribution in [0.1, 0.15) is 12.6 Å². The zero-order valence-electron chi connectivity index (χ0n) is 8.35. The van der Waals surface area contributed by atoms with Crippen LogP contribution in [0.3, 0.4) is 0 Å². The first-order valence-electron chi connectivity index (χ1n) is 4.38. The molecule has 0 N–H and O–H groups in total. The minimum atomic E-state index is 0.691. The molecule has 0 aliphatic heterocycles. The summed E-state index contributed by atoms with van der Waals surface area (Å²) in [6, 6.07) is 0. The second-order valence-corrected chi connectivity index (χ2v) is 3.65. The van der Waals surface area contributed by atoms with E-state index < -0.39 is 0 Å². The van der Waals surface area contributed by atoms with Crippen LogP contribution in [0.25, 0.3) is 11.2 Å². The van der Waals surface area contributed by atoms with Crippen molar-refractivity contribution in [3.8, 4) is 0 Å². The number of nitrogens with zero attached hydrogens (tertiary/aromatic N) is 5. The van der Waals surface area contributed by atoms with E-state index in [-0.39, 0.29) is 0 Å². The number of rotatable bonds is 2. The molecule has 0 aliphatic carbocycles. The normalized spacial score (nSPS) is 11.1. The molecule has 0 bridgehead atoms. The standard InChI is InChI=1S/C8H11N5S/c1-4-13-7-6(5(2)12-13)9-8(14-3)11-10-7/h4H2,1-3H3. The summed E-state index contributed by atoms with van der Waals surface area (Å²) in [5.74, 6) is 0. The lowest BCUT2D eigenvalue weighted by Gasteiger charge is -1.96. The number of hydrogen-bond acceptors (Lipinski definition) is 5. The Morgan fingerprint density at radius 3 is 2.79 bits per heavy atom. The average molecular weight is 209 g/mol. The predicted octanol–water partition coefficient (Wildman–Crippen LogP) is 1.27. The van der Waals surface area contributed by atoms with Gasteiger partial charge in [0.1, 0.15) is 5.52 Å². The van der Waals surface area contributed by atoms with Gasteiger partial charge in [-0.2, -0.15) is 5.10 Å². The summed E-state index contributed by atoms with van der Waals surface area (Å²) in [6.07, 6.45) is 1.93. The third kappa shape index (κ3) is 1.35. The fraction of sp³-hybridized carbons (Fsp3) is 0.500. The zero-order chi connectivity index (χ0) is 10.1. The molecule has 0 radical (unpaired) electrons. The summed E-state index contributed by atoms with van der Waals surface area (Å²) in [6.45, 7) is 4.75. The Hall–Kier alpha value is -1.17. The largest absolute Gasteiger partial charge is 0.244 e. The minimum absolute atomic E-state index is 0.691. The van der Waals surface area contributed by atoms with E-state index in [0.29, 0.717) is 5.16 Å². The highest BCUT2D eigenvalue weighted by molar-refractivity contribution is 7.98. The molecule has 0 spiro atoms. The van der Waals surface area contributed by atoms with Gasteiger partial charge in [-0.05, 0) is 20.1 Å². The van der Waals surface area contributed by atoms with Gasteiger partial charge in [0.25, 0.3) is 0 Å². The van der Waals surface area contributed by atoms with Crippen molar-refractivity contribution < 1.29 is 0 Å². The van der Waals surface area contributed by atoms with Crippen LogP contribution in [-0.2, 0) is 6.54 Å². The average Bonchev–Trinajstić information content (AvgIpc) is 2.55. The van der Waals surface area contributed by atoms with Gasteiger partial charge in [0.05, 0.1) is 5.69 Å². The lowest BCUT2D eigenvalue weighted by molar-refractivity contribution is 0.662. The third-order valence-electron chi connectivity index (χ3n) is 1.99. The fourth-order valence-electron chi connectivity index (χ4n) is 1.30. The molecule has 0 saturated heterocycles. The Morgan fingerprint density at radius 2 is 2.14 bits per heavy atom. The molecule has 2 aromatic rings. The van der Waals surface area contributed by atoms with Crippen LogP contribution in [0, 0.1) is 6.92 Å². The van der Waals surface area contributed by atoms with E-state index in [1.54, 1.807) is 0 Å². The predicted molar refractivity (Wildman–Crippen MR) is 55.3 cm³/mol. The number of thioether (sulfide) groups is 1. The van der Waals surface area contributed by atoms with E-state index in [1.807, 2.05) is 24.8 Å². The molecule has 0 amide bonds. The Morgan fingerprint density at radius 1 is 1.36 bits per heavy atom. The fourth-order valence-corrected chi connectivity index (χ4v) is 1.61.